The first-order valence-electron chi connectivity index (χ1n) is 8.30. The largest absolute Gasteiger partial charge is 0.378 e. The van der Waals surface area contributed by atoms with Crippen LogP contribution in [0.3, 0.4) is 0 Å². The maximum atomic E-state index is 12.5. The molecule has 2 rings (SSSR count). The number of rotatable bonds is 7. The molecule has 1 amide bonds. The molecule has 0 unspecified atom stereocenters. The number of ether oxygens (including phenoxy) is 1. The zero-order valence-electron chi connectivity index (χ0n) is 14.5. The Morgan fingerprint density at radius 1 is 1.42 bits per heavy atom. The van der Waals surface area contributed by atoms with Crippen LogP contribution in [0.25, 0.3) is 0 Å². The van der Waals surface area contributed by atoms with Crippen LogP contribution in [0, 0.1) is 0 Å². The molecular weight excluding hydrogens is 328 g/mol. The van der Waals surface area contributed by atoms with Gasteiger partial charge in [-0.3, -0.25) is 4.79 Å². The topological polar surface area (TPSA) is 75.7 Å². The summed E-state index contributed by atoms with van der Waals surface area (Å²) in [5.41, 5.74) is 0.348. The van der Waals surface area contributed by atoms with Crippen molar-refractivity contribution in [1.29, 1.82) is 0 Å². The van der Waals surface area contributed by atoms with Crippen molar-refractivity contribution in [2.45, 2.75) is 50.2 Å². The standard InChI is InChI=1S/C17H26N2O4S/c1-13(2)19(3)24(21,22)16-8-4-6-14(12-16)17(20)18-10-9-15-7-5-11-23-15/h4,6,8,12-13,15H,5,7,9-11H2,1-3H3,(H,18,20)/t15-/m1/s1. The quantitative estimate of drug-likeness (QED) is 0.813. The molecule has 0 aliphatic carbocycles. The summed E-state index contributed by atoms with van der Waals surface area (Å²) in [6, 6.07) is 6.00. The van der Waals surface area contributed by atoms with Crippen molar-refractivity contribution in [3.8, 4) is 0 Å². The van der Waals surface area contributed by atoms with Crippen LogP contribution in [-0.2, 0) is 14.8 Å². The summed E-state index contributed by atoms with van der Waals surface area (Å²) in [4.78, 5) is 12.4. The van der Waals surface area contributed by atoms with Crippen LogP contribution in [0.1, 0.15) is 43.5 Å². The first kappa shape index (κ1) is 18.9. The number of carbonyl (C=O) groups excluding carboxylic acids is 1. The summed E-state index contributed by atoms with van der Waals surface area (Å²) >= 11 is 0. The van der Waals surface area contributed by atoms with Gasteiger partial charge >= 0.3 is 0 Å². The van der Waals surface area contributed by atoms with E-state index in [9.17, 15) is 13.2 Å². The smallest absolute Gasteiger partial charge is 0.251 e. The van der Waals surface area contributed by atoms with Crippen LogP contribution in [0.5, 0.6) is 0 Å². The third-order valence-corrected chi connectivity index (χ3v) is 6.31. The number of amides is 1. The molecule has 1 atom stereocenters. The first-order chi connectivity index (χ1) is 11.3. The molecule has 0 saturated carbocycles. The monoisotopic (exact) mass is 354 g/mol. The van der Waals surface area contributed by atoms with E-state index >= 15 is 0 Å². The summed E-state index contributed by atoms with van der Waals surface area (Å²) in [6.07, 6.45) is 3.10. The van der Waals surface area contributed by atoms with Crippen molar-refractivity contribution in [3.05, 3.63) is 29.8 Å². The first-order valence-corrected chi connectivity index (χ1v) is 9.74. The lowest BCUT2D eigenvalue weighted by Crippen LogP contribution is -2.33. The van der Waals surface area contributed by atoms with Gasteiger partial charge in [-0.05, 0) is 51.3 Å². The molecule has 0 radical (unpaired) electrons. The molecule has 1 saturated heterocycles. The Kier molecular flexibility index (Phi) is 6.37. The van der Waals surface area contributed by atoms with E-state index < -0.39 is 10.0 Å². The average molecular weight is 354 g/mol. The van der Waals surface area contributed by atoms with Crippen molar-refractivity contribution in [2.24, 2.45) is 0 Å². The molecule has 134 valence electrons. The molecule has 7 heteroatoms. The fraction of sp³-hybridized carbons (Fsp3) is 0.588. The van der Waals surface area contributed by atoms with E-state index in [1.54, 1.807) is 26.0 Å². The maximum absolute atomic E-state index is 12.5. The number of hydrogen-bond donors (Lipinski definition) is 1. The summed E-state index contributed by atoms with van der Waals surface area (Å²) in [7, 11) is -2.06. The highest BCUT2D eigenvalue weighted by Gasteiger charge is 2.24. The second-order valence-electron chi connectivity index (χ2n) is 6.32. The highest BCUT2D eigenvalue weighted by Crippen LogP contribution is 2.18. The van der Waals surface area contributed by atoms with Gasteiger partial charge in [0.2, 0.25) is 10.0 Å². The van der Waals surface area contributed by atoms with Crippen LogP contribution >= 0.6 is 0 Å². The Bertz CT molecular complexity index is 667. The number of carbonyl (C=O) groups is 1. The molecule has 1 N–H and O–H groups in total. The average Bonchev–Trinajstić information content (AvgIpc) is 3.07. The predicted molar refractivity (Wildman–Crippen MR) is 92.5 cm³/mol. The Balaban J connectivity index is 2.02. The lowest BCUT2D eigenvalue weighted by molar-refractivity contribution is 0.0907. The highest BCUT2D eigenvalue weighted by molar-refractivity contribution is 7.89. The third kappa shape index (κ3) is 4.55. The van der Waals surface area contributed by atoms with E-state index in [4.69, 9.17) is 4.74 Å². The molecule has 1 aromatic rings. The van der Waals surface area contributed by atoms with Gasteiger partial charge in [-0.1, -0.05) is 6.07 Å². The second-order valence-corrected chi connectivity index (χ2v) is 8.32. The van der Waals surface area contributed by atoms with Crippen molar-refractivity contribution >= 4 is 15.9 Å². The molecule has 0 aromatic heterocycles. The minimum Gasteiger partial charge on any atom is -0.378 e. The van der Waals surface area contributed by atoms with Gasteiger partial charge in [0.05, 0.1) is 11.0 Å². The van der Waals surface area contributed by atoms with E-state index in [-0.39, 0.29) is 22.9 Å². The van der Waals surface area contributed by atoms with Crippen LogP contribution in [-0.4, -0.2) is 51.0 Å². The number of nitrogens with zero attached hydrogens (tertiary/aromatic N) is 1. The van der Waals surface area contributed by atoms with Gasteiger partial charge in [0.1, 0.15) is 0 Å². The van der Waals surface area contributed by atoms with E-state index in [1.165, 1.54) is 23.5 Å². The number of nitrogens with one attached hydrogen (secondary N) is 1. The minimum absolute atomic E-state index is 0.130. The molecule has 1 aromatic carbocycles. The summed E-state index contributed by atoms with van der Waals surface area (Å²) in [5.74, 6) is -0.266. The Morgan fingerprint density at radius 3 is 2.79 bits per heavy atom. The fourth-order valence-corrected chi connectivity index (χ4v) is 3.98. The predicted octanol–water partition coefficient (Wildman–Crippen LogP) is 2.01. The molecule has 6 nitrogen and oxygen atoms in total. The molecular formula is C17H26N2O4S. The molecule has 1 fully saturated rings. The third-order valence-electron chi connectivity index (χ3n) is 4.28. The van der Waals surface area contributed by atoms with Gasteiger partial charge < -0.3 is 10.1 Å². The van der Waals surface area contributed by atoms with Gasteiger partial charge in [0.25, 0.3) is 5.91 Å². The number of benzene rings is 1. The van der Waals surface area contributed by atoms with Crippen molar-refractivity contribution < 1.29 is 17.9 Å². The normalized spacial score (nSPS) is 18.3. The Labute approximate surface area is 144 Å². The van der Waals surface area contributed by atoms with E-state index in [2.05, 4.69) is 5.32 Å². The van der Waals surface area contributed by atoms with E-state index in [0.717, 1.165) is 25.9 Å². The van der Waals surface area contributed by atoms with Gasteiger partial charge in [0, 0.05) is 31.8 Å². The Morgan fingerprint density at radius 2 is 2.17 bits per heavy atom. The van der Waals surface area contributed by atoms with Crippen LogP contribution in [0.2, 0.25) is 0 Å². The van der Waals surface area contributed by atoms with Crippen molar-refractivity contribution in [1.82, 2.24) is 9.62 Å². The lowest BCUT2D eigenvalue weighted by atomic mass is 10.1. The van der Waals surface area contributed by atoms with Crippen molar-refractivity contribution in [3.63, 3.8) is 0 Å². The second kappa shape index (κ2) is 8.09. The van der Waals surface area contributed by atoms with Crippen LogP contribution in [0.4, 0.5) is 0 Å². The summed E-state index contributed by atoms with van der Waals surface area (Å²) in [5, 5.41) is 2.83. The van der Waals surface area contributed by atoms with Gasteiger partial charge in [-0.25, -0.2) is 8.42 Å². The van der Waals surface area contributed by atoms with Gasteiger partial charge in [0.15, 0.2) is 0 Å². The highest BCUT2D eigenvalue weighted by atomic mass is 32.2. The zero-order valence-corrected chi connectivity index (χ0v) is 15.3. The fourth-order valence-electron chi connectivity index (χ4n) is 2.56. The van der Waals surface area contributed by atoms with E-state index in [1.807, 2.05) is 0 Å². The van der Waals surface area contributed by atoms with Gasteiger partial charge in [-0.2, -0.15) is 4.31 Å². The molecule has 1 heterocycles. The number of sulfonamides is 1. The summed E-state index contributed by atoms with van der Waals surface area (Å²) < 4.78 is 31.8. The molecule has 24 heavy (non-hydrogen) atoms. The van der Waals surface area contributed by atoms with Crippen LogP contribution in [0.15, 0.2) is 29.2 Å². The minimum atomic E-state index is -3.59. The van der Waals surface area contributed by atoms with E-state index in [0.29, 0.717) is 12.1 Å². The van der Waals surface area contributed by atoms with Gasteiger partial charge in [-0.15, -0.1) is 0 Å². The maximum Gasteiger partial charge on any atom is 0.251 e. The molecule has 0 bridgehead atoms. The zero-order chi connectivity index (χ0) is 17.7. The molecule has 1 aliphatic heterocycles. The summed E-state index contributed by atoms with van der Waals surface area (Å²) in [6.45, 7) is 4.92. The van der Waals surface area contributed by atoms with Crippen molar-refractivity contribution in [2.75, 3.05) is 20.2 Å². The molecule has 0 spiro atoms. The Hall–Kier alpha value is -1.44. The van der Waals surface area contributed by atoms with Crippen LogP contribution < -0.4 is 5.32 Å². The lowest BCUT2D eigenvalue weighted by Gasteiger charge is -2.21. The SMILES string of the molecule is CC(C)N(C)S(=O)(=O)c1cccc(C(=O)NCC[C@H]2CCCO2)c1. The molecule has 1 aliphatic rings. The number of hydrogen-bond acceptors (Lipinski definition) is 4.